The number of nitro benzene ring substituents is 2. The van der Waals surface area contributed by atoms with Crippen molar-refractivity contribution < 1.29 is 24.1 Å². The fraction of sp³-hybridized carbons (Fsp3) is 0.133. The summed E-state index contributed by atoms with van der Waals surface area (Å²) in [6.45, 7) is 0. The zero-order valence-corrected chi connectivity index (χ0v) is 12.5. The molecule has 0 unspecified atom stereocenters. The highest BCUT2D eigenvalue weighted by Gasteiger charge is 2.22. The zero-order valence-electron chi connectivity index (χ0n) is 12.5. The molecule has 0 spiro atoms. The van der Waals surface area contributed by atoms with Crippen molar-refractivity contribution in [2.45, 2.75) is 6.42 Å². The van der Waals surface area contributed by atoms with E-state index in [9.17, 15) is 25.0 Å². The monoisotopic (exact) mass is 332 g/mol. The van der Waals surface area contributed by atoms with E-state index in [2.05, 4.69) is 0 Å². The van der Waals surface area contributed by atoms with Crippen molar-refractivity contribution >= 4 is 17.3 Å². The first kappa shape index (κ1) is 16.9. The lowest BCUT2D eigenvalue weighted by Crippen LogP contribution is -2.12. The number of methoxy groups -OCH3 is 1. The number of nitrogens with zero attached hydrogens (tertiary/aromatic N) is 2. The van der Waals surface area contributed by atoms with Gasteiger partial charge in [-0.2, -0.15) is 0 Å². The normalized spacial score (nSPS) is 10.0. The van der Waals surface area contributed by atoms with Crippen LogP contribution in [0.3, 0.4) is 0 Å². The Balaban J connectivity index is 2.15. The summed E-state index contributed by atoms with van der Waals surface area (Å²) in [4.78, 5) is 32.0. The Hall–Kier alpha value is -3.49. The second-order valence-corrected chi connectivity index (χ2v) is 4.67. The molecular formula is C15H12N2O7. The molecule has 0 saturated heterocycles. The van der Waals surface area contributed by atoms with Gasteiger partial charge in [0.15, 0.2) is 0 Å². The lowest BCUT2D eigenvalue weighted by molar-refractivity contribution is -0.394. The molecule has 0 N–H and O–H groups in total. The van der Waals surface area contributed by atoms with Crippen LogP contribution in [0, 0.1) is 20.2 Å². The standard InChI is InChI=1S/C15H12N2O7/c1-23-12-5-2-10(3-6-12)8-15(18)24-14-7-4-11(16(19)20)9-13(14)17(21)22/h2-7,9H,8H2,1H3. The molecule has 9 heteroatoms. The molecule has 0 aliphatic carbocycles. The predicted octanol–water partition coefficient (Wildman–Crippen LogP) is 2.66. The van der Waals surface area contributed by atoms with E-state index >= 15 is 0 Å². The fourth-order valence-corrected chi connectivity index (χ4v) is 1.92. The van der Waals surface area contributed by atoms with E-state index in [0.717, 1.165) is 18.2 Å². The Kier molecular flexibility index (Phi) is 5.05. The van der Waals surface area contributed by atoms with Crippen molar-refractivity contribution in [1.29, 1.82) is 0 Å². The largest absolute Gasteiger partial charge is 0.497 e. The zero-order chi connectivity index (χ0) is 17.7. The van der Waals surface area contributed by atoms with Crippen molar-refractivity contribution in [3.63, 3.8) is 0 Å². The number of non-ortho nitro benzene ring substituents is 1. The molecule has 124 valence electrons. The van der Waals surface area contributed by atoms with Crippen LogP contribution in [0.25, 0.3) is 0 Å². The molecule has 2 aromatic rings. The molecule has 0 heterocycles. The van der Waals surface area contributed by atoms with Gasteiger partial charge in [-0.05, 0) is 23.8 Å². The summed E-state index contributed by atoms with van der Waals surface area (Å²) < 4.78 is 9.96. The Morgan fingerprint density at radius 1 is 1.04 bits per heavy atom. The van der Waals surface area contributed by atoms with Crippen LogP contribution < -0.4 is 9.47 Å². The van der Waals surface area contributed by atoms with Gasteiger partial charge in [-0.15, -0.1) is 0 Å². The molecule has 0 saturated carbocycles. The van der Waals surface area contributed by atoms with Gasteiger partial charge in [-0.1, -0.05) is 12.1 Å². The first-order chi connectivity index (χ1) is 11.4. The van der Waals surface area contributed by atoms with Crippen molar-refractivity contribution in [2.24, 2.45) is 0 Å². The van der Waals surface area contributed by atoms with Gasteiger partial charge in [0, 0.05) is 6.07 Å². The first-order valence-corrected chi connectivity index (χ1v) is 6.67. The van der Waals surface area contributed by atoms with E-state index in [1.165, 1.54) is 7.11 Å². The van der Waals surface area contributed by atoms with Gasteiger partial charge in [0.25, 0.3) is 5.69 Å². The first-order valence-electron chi connectivity index (χ1n) is 6.67. The summed E-state index contributed by atoms with van der Waals surface area (Å²) in [6.07, 6.45) is -0.113. The number of esters is 1. The number of nitro groups is 2. The van der Waals surface area contributed by atoms with Crippen molar-refractivity contribution in [3.8, 4) is 11.5 Å². The molecule has 0 aliphatic rings. The van der Waals surface area contributed by atoms with Gasteiger partial charge in [-0.25, -0.2) is 0 Å². The van der Waals surface area contributed by atoms with Crippen LogP contribution in [-0.2, 0) is 11.2 Å². The van der Waals surface area contributed by atoms with Gasteiger partial charge >= 0.3 is 11.7 Å². The third-order valence-electron chi connectivity index (χ3n) is 3.08. The maximum absolute atomic E-state index is 11.9. The minimum atomic E-state index is -0.844. The van der Waals surface area contributed by atoms with Crippen molar-refractivity contribution in [1.82, 2.24) is 0 Å². The number of carbonyl (C=O) groups is 1. The van der Waals surface area contributed by atoms with Crippen LogP contribution in [0.1, 0.15) is 5.56 Å². The molecule has 2 rings (SSSR count). The molecule has 0 fully saturated rings. The third-order valence-corrected chi connectivity index (χ3v) is 3.08. The number of benzene rings is 2. The molecule has 0 radical (unpaired) electrons. The summed E-state index contributed by atoms with van der Waals surface area (Å²) in [6, 6.07) is 9.45. The van der Waals surface area contributed by atoms with Crippen LogP contribution in [0.15, 0.2) is 42.5 Å². The van der Waals surface area contributed by atoms with Crippen molar-refractivity contribution in [3.05, 3.63) is 68.3 Å². The van der Waals surface area contributed by atoms with E-state index in [0.29, 0.717) is 11.3 Å². The second kappa shape index (κ2) is 7.18. The van der Waals surface area contributed by atoms with Crippen LogP contribution in [0.5, 0.6) is 11.5 Å². The Labute approximate surface area is 135 Å². The molecule has 24 heavy (non-hydrogen) atoms. The van der Waals surface area contributed by atoms with Crippen LogP contribution >= 0.6 is 0 Å². The highest BCUT2D eigenvalue weighted by atomic mass is 16.6. The Morgan fingerprint density at radius 3 is 2.25 bits per heavy atom. The highest BCUT2D eigenvalue weighted by Crippen LogP contribution is 2.31. The van der Waals surface area contributed by atoms with Gasteiger partial charge in [0.2, 0.25) is 5.75 Å². The predicted molar refractivity (Wildman–Crippen MR) is 82.1 cm³/mol. The molecule has 0 aromatic heterocycles. The summed E-state index contributed by atoms with van der Waals surface area (Å²) in [7, 11) is 1.51. The number of hydrogen-bond acceptors (Lipinski definition) is 7. The average molecular weight is 332 g/mol. The van der Waals surface area contributed by atoms with E-state index in [-0.39, 0.29) is 12.2 Å². The maximum Gasteiger partial charge on any atom is 0.318 e. The maximum atomic E-state index is 11.9. The fourth-order valence-electron chi connectivity index (χ4n) is 1.92. The van der Waals surface area contributed by atoms with Gasteiger partial charge in [-0.3, -0.25) is 25.0 Å². The molecule has 0 atom stereocenters. The van der Waals surface area contributed by atoms with Crippen LogP contribution in [-0.4, -0.2) is 22.9 Å². The summed E-state index contributed by atoms with van der Waals surface area (Å²) >= 11 is 0. The summed E-state index contributed by atoms with van der Waals surface area (Å²) in [5, 5.41) is 21.7. The molecule has 0 bridgehead atoms. The van der Waals surface area contributed by atoms with E-state index < -0.39 is 27.2 Å². The number of hydrogen-bond donors (Lipinski definition) is 0. The average Bonchev–Trinajstić information content (AvgIpc) is 2.55. The SMILES string of the molecule is COc1ccc(CC(=O)Oc2ccc([N+](=O)[O-])cc2[N+](=O)[O-])cc1. The van der Waals surface area contributed by atoms with Gasteiger partial charge in [0.05, 0.1) is 29.4 Å². The molecule has 0 aliphatic heterocycles. The molecule has 0 amide bonds. The smallest absolute Gasteiger partial charge is 0.318 e. The molecular weight excluding hydrogens is 320 g/mol. The second-order valence-electron chi connectivity index (χ2n) is 4.67. The third kappa shape index (κ3) is 4.03. The minimum absolute atomic E-state index is 0.113. The quantitative estimate of drug-likeness (QED) is 0.345. The lowest BCUT2D eigenvalue weighted by Gasteiger charge is -2.06. The Bertz CT molecular complexity index is 787. The van der Waals surface area contributed by atoms with Gasteiger partial charge in [0.1, 0.15) is 5.75 Å². The van der Waals surface area contributed by atoms with E-state index in [1.807, 2.05) is 0 Å². The van der Waals surface area contributed by atoms with E-state index in [4.69, 9.17) is 9.47 Å². The number of ether oxygens (including phenoxy) is 2. The van der Waals surface area contributed by atoms with Crippen LogP contribution in [0.4, 0.5) is 11.4 Å². The van der Waals surface area contributed by atoms with E-state index in [1.54, 1.807) is 24.3 Å². The molecule has 9 nitrogen and oxygen atoms in total. The highest BCUT2D eigenvalue weighted by molar-refractivity contribution is 5.76. The lowest BCUT2D eigenvalue weighted by atomic mass is 10.1. The summed E-state index contributed by atoms with van der Waals surface area (Å²) in [5.41, 5.74) is -0.478. The van der Waals surface area contributed by atoms with Gasteiger partial charge < -0.3 is 9.47 Å². The number of carbonyl (C=O) groups excluding carboxylic acids is 1. The summed E-state index contributed by atoms with van der Waals surface area (Å²) in [5.74, 6) is -0.445. The minimum Gasteiger partial charge on any atom is -0.497 e. The van der Waals surface area contributed by atoms with Crippen molar-refractivity contribution in [2.75, 3.05) is 7.11 Å². The molecule has 2 aromatic carbocycles. The van der Waals surface area contributed by atoms with Crippen LogP contribution in [0.2, 0.25) is 0 Å². The number of rotatable bonds is 6. The Morgan fingerprint density at radius 2 is 1.71 bits per heavy atom. The topological polar surface area (TPSA) is 122 Å².